The van der Waals surface area contributed by atoms with Gasteiger partial charge in [0.25, 0.3) is 6.33 Å². The number of imidazole rings is 1. The summed E-state index contributed by atoms with van der Waals surface area (Å²) in [7, 11) is 0. The second-order valence-electron chi connectivity index (χ2n) is 25.0. The van der Waals surface area contributed by atoms with Gasteiger partial charge in [0.1, 0.15) is 5.82 Å². The molecule has 0 saturated carbocycles. The summed E-state index contributed by atoms with van der Waals surface area (Å²) in [5.41, 5.74) is -0.737. The first kappa shape index (κ1) is 36.9. The summed E-state index contributed by atoms with van der Waals surface area (Å²) in [6.07, 6.45) is 4.74. The van der Waals surface area contributed by atoms with Crippen LogP contribution in [-0.2, 0) is 37.3 Å². The molecule has 0 aliphatic carbocycles. The third-order valence-electron chi connectivity index (χ3n) is 15.8. The summed E-state index contributed by atoms with van der Waals surface area (Å²) >= 11 is 0. The van der Waals surface area contributed by atoms with E-state index in [0.717, 1.165) is 11.1 Å². The Balaban J connectivity index is 0.0000119. The fourth-order valence-corrected chi connectivity index (χ4v) is 11.0. The molecule has 0 saturated heterocycles. The van der Waals surface area contributed by atoms with E-state index in [1.807, 2.05) is 51.1 Å². The predicted octanol–water partition coefficient (Wildman–Crippen LogP) is 21.8. The Hall–Kier alpha value is -9.67. The number of rotatable bonds is 11. The maximum absolute atomic E-state index is 10.7. The van der Waals surface area contributed by atoms with Crippen LogP contribution in [0.2, 0.25) is 0 Å². The van der Waals surface area contributed by atoms with E-state index in [0.29, 0.717) is 38.5 Å². The van der Waals surface area contributed by atoms with Gasteiger partial charge in [-0.25, -0.2) is 4.98 Å². The summed E-state index contributed by atoms with van der Waals surface area (Å²) in [5.74, 6) is 0.232. The molecule has 0 aliphatic heterocycles. The van der Waals surface area contributed by atoms with Gasteiger partial charge in [-0.05, 0) is 154 Å². The molecule has 91 heavy (non-hydrogen) atoms. The number of nitrogens with zero attached hydrogens (tertiary/aromatic N) is 4. The number of fused-ring (bicyclic) bond motifs is 4. The van der Waals surface area contributed by atoms with Gasteiger partial charge in [-0.3, -0.25) is 4.57 Å². The van der Waals surface area contributed by atoms with Gasteiger partial charge in [0, 0.05) is 54.0 Å². The molecule has 0 unspecified atom stereocenters. The van der Waals surface area contributed by atoms with Crippen LogP contribution in [0.1, 0.15) is 120 Å². The van der Waals surface area contributed by atoms with Gasteiger partial charge < -0.3 is 13.9 Å². The molecular weight excluding hydrogens is 1290 g/mol. The number of pyridine rings is 1. The average Bonchev–Trinajstić information content (AvgIpc) is 1.56. The molecule has 450 valence electrons. The van der Waals surface area contributed by atoms with Crippen LogP contribution < -0.4 is 9.30 Å². The van der Waals surface area contributed by atoms with Crippen molar-refractivity contribution >= 4 is 32.8 Å². The molecule has 0 spiro atoms. The first-order chi connectivity index (χ1) is 54.2. The van der Waals surface area contributed by atoms with Crippen molar-refractivity contribution in [2.45, 2.75) is 85.4 Å². The molecule has 0 N–H and O–H groups in total. The SMILES string of the molecule is [2H]c1c([2H])c([2H])c(-c2ccc3c(c2)n(-c2[c-]c(Oc4[c-]c5c(cc4)c4ccccc4n5-c4cc(C([2H])([2H])[2H])c(-c5c([2H])c([2H])c([2H])c([2H])c5[2H])cn4)ccc2)[c-][n+]3-c2c(-c3cc(C(C)(C)C)cc(C(C)(C)C)c3)cc(C(C)(C)C)cc2-c2c([2H])c(-c3c([2H])c([2H])c([2H])c([2H])c3[2H])c([2H])c(-c3c([2H])c([2H])c([2H])c([2H])c3[2H])c2[2H])c([2H])c1[2H].[Pt]. The Labute approximate surface area is 586 Å². The normalized spacial score (nSPS) is 16.1. The summed E-state index contributed by atoms with van der Waals surface area (Å²) in [6.45, 7) is 15.3. The van der Waals surface area contributed by atoms with Crippen LogP contribution in [0.15, 0.2) is 254 Å². The van der Waals surface area contributed by atoms with E-state index in [9.17, 15) is 12.3 Å². The Morgan fingerprint density at radius 2 is 1.01 bits per heavy atom. The van der Waals surface area contributed by atoms with Crippen LogP contribution in [0.3, 0.4) is 0 Å². The van der Waals surface area contributed by atoms with Gasteiger partial charge >= 0.3 is 0 Å². The van der Waals surface area contributed by atoms with Crippen LogP contribution in [0, 0.1) is 25.3 Å². The Bertz CT molecular complexity index is 6360. The van der Waals surface area contributed by atoms with Crippen LogP contribution in [0.25, 0.3) is 117 Å². The maximum Gasteiger partial charge on any atom is 0.268 e. The molecule has 0 radical (unpaired) electrons. The molecule has 3 heterocycles. The standard InChI is InChI=1S/C85H72N4O.Pt/c1-56-42-81(86-54-76(56)60-32-21-14-22-33-60)89-77-37-24-23-36-72(77)73-40-39-71(53-79(73)89)90-70-35-25-34-69(52-70)87-55-88(78-41-38-61(48-80(78)87)57-26-15-11-16-27-57)82-74(64-44-62(58-28-17-12-18-29-58)43-63(45-64)59-30-19-13-20-31-59)50-68(85(8,9)10)51-75(82)65-46-66(83(2,3)4)49-67(47-65)84(5,6)7;/h11-51,54H,1-10H3;/q-2;/i1D3,11D,12D,13D,14D,15D,16D,17D,18D,19D,20D,21D,22D,26D,27D,28D,29D,30D,31D,32D,33D,43D,44D,45D;. The molecule has 6 heteroatoms. The summed E-state index contributed by atoms with van der Waals surface area (Å²) in [6, 6.07) is 21.4. The summed E-state index contributed by atoms with van der Waals surface area (Å²) in [4.78, 5) is 4.72. The molecule has 11 aromatic carbocycles. The van der Waals surface area contributed by atoms with Crippen LogP contribution in [-0.4, -0.2) is 14.1 Å². The number of hydrogen-bond acceptors (Lipinski definition) is 2. The van der Waals surface area contributed by atoms with E-state index in [1.165, 1.54) is 12.3 Å². The largest absolute Gasteiger partial charge is 0.510 e. The number of hydrogen-bond donors (Lipinski definition) is 0. The van der Waals surface area contributed by atoms with E-state index in [4.69, 9.17) is 33.0 Å². The molecule has 0 aliphatic rings. The van der Waals surface area contributed by atoms with E-state index in [2.05, 4.69) is 66.1 Å². The van der Waals surface area contributed by atoms with Crippen molar-refractivity contribution in [2.75, 3.05) is 0 Å². The quantitative estimate of drug-likeness (QED) is 0.0956. The van der Waals surface area contributed by atoms with Crippen molar-refractivity contribution in [1.82, 2.24) is 14.1 Å². The minimum Gasteiger partial charge on any atom is -0.510 e. The molecule has 14 rings (SSSR count). The number of para-hydroxylation sites is 1. The van der Waals surface area contributed by atoms with Crippen molar-refractivity contribution in [3.63, 3.8) is 0 Å². The third kappa shape index (κ3) is 11.8. The number of ether oxygens (including phenoxy) is 1. The third-order valence-corrected chi connectivity index (χ3v) is 15.8. The van der Waals surface area contributed by atoms with Crippen LogP contribution in [0.5, 0.6) is 11.5 Å². The molecule has 14 aromatic rings. The summed E-state index contributed by atoms with van der Waals surface area (Å²) < 4.78 is 247. The van der Waals surface area contributed by atoms with Gasteiger partial charge in [0.2, 0.25) is 0 Å². The van der Waals surface area contributed by atoms with Crippen molar-refractivity contribution in [3.05, 3.63) is 295 Å². The average molecular weight is 1390 g/mol. The topological polar surface area (TPSA) is 35.9 Å². The smallest absolute Gasteiger partial charge is 0.268 e. The fourth-order valence-electron chi connectivity index (χ4n) is 11.0. The van der Waals surface area contributed by atoms with Crippen molar-refractivity contribution in [2.24, 2.45) is 0 Å². The zero-order chi connectivity index (χ0) is 84.6. The zero-order valence-electron chi connectivity index (χ0n) is 77.0. The monoisotopic (exact) mass is 1390 g/mol. The van der Waals surface area contributed by atoms with Gasteiger partial charge in [0.15, 0.2) is 0 Å². The molecule has 0 fully saturated rings. The summed E-state index contributed by atoms with van der Waals surface area (Å²) in [5, 5.41) is 1.32. The zero-order valence-corrected chi connectivity index (χ0v) is 53.3. The van der Waals surface area contributed by atoms with Gasteiger partial charge in [0.05, 0.1) is 48.2 Å². The Morgan fingerprint density at radius 3 is 1.62 bits per heavy atom. The number of aromatic nitrogens is 4. The predicted molar refractivity (Wildman–Crippen MR) is 373 cm³/mol. The minimum absolute atomic E-state index is 0. The number of aryl methyl sites for hydroxylation is 1. The van der Waals surface area contributed by atoms with Gasteiger partial charge in [-0.15, -0.1) is 29.7 Å². The maximum atomic E-state index is 10.7. The van der Waals surface area contributed by atoms with E-state index in [-0.39, 0.29) is 99.7 Å². The molecule has 0 bridgehead atoms. The first-order valence-electron chi connectivity index (χ1n) is 42.1. The van der Waals surface area contributed by atoms with E-state index >= 15 is 0 Å². The first-order valence-corrected chi connectivity index (χ1v) is 29.1. The molecule has 0 atom stereocenters. The molecular formula is C85H72N4OPt-2. The van der Waals surface area contributed by atoms with Crippen molar-refractivity contribution in [3.8, 4) is 95.5 Å². The number of benzene rings is 11. The van der Waals surface area contributed by atoms with Gasteiger partial charge in [-0.2, -0.15) is 18.2 Å². The minimum atomic E-state index is -2.91. The van der Waals surface area contributed by atoms with Crippen molar-refractivity contribution < 1.29 is 66.0 Å². The Kier molecular flexibility index (Phi) is 9.69. The van der Waals surface area contributed by atoms with Crippen LogP contribution >= 0.6 is 0 Å². The second kappa shape index (κ2) is 23.9. The second-order valence-corrected chi connectivity index (χ2v) is 25.0. The fraction of sp³-hybridized carbons (Fsp3) is 0.153. The van der Waals surface area contributed by atoms with E-state index in [1.54, 1.807) is 80.4 Å². The molecule has 5 nitrogen and oxygen atoms in total. The van der Waals surface area contributed by atoms with E-state index < -0.39 is 184 Å². The van der Waals surface area contributed by atoms with Crippen LogP contribution in [0.4, 0.5) is 0 Å². The molecule has 0 amide bonds. The van der Waals surface area contributed by atoms with Gasteiger partial charge in [-0.1, -0.05) is 249 Å². The van der Waals surface area contributed by atoms with Crippen molar-refractivity contribution in [1.29, 1.82) is 0 Å². The Morgan fingerprint density at radius 1 is 0.462 bits per heavy atom. The molecule has 3 aromatic heterocycles.